The van der Waals surface area contributed by atoms with E-state index in [0.717, 1.165) is 19.3 Å². The number of carbonyl (C=O) groups is 1. The lowest BCUT2D eigenvalue weighted by molar-refractivity contribution is 0.0988. The van der Waals surface area contributed by atoms with E-state index in [1.807, 2.05) is 32.3 Å². The van der Waals surface area contributed by atoms with Crippen LogP contribution < -0.4 is 5.32 Å². The second kappa shape index (κ2) is 10.3. The van der Waals surface area contributed by atoms with Crippen LogP contribution in [0.2, 0.25) is 0 Å². The fourth-order valence-corrected chi connectivity index (χ4v) is 5.28. The van der Waals surface area contributed by atoms with E-state index in [2.05, 4.69) is 22.3 Å². The Bertz CT molecular complexity index is 922. The Morgan fingerprint density at radius 1 is 1.00 bits per heavy atom. The molecular weight excluding hydrogens is 398 g/mol. The molecule has 2 aromatic rings. The normalized spacial score (nSPS) is 16.5. The van der Waals surface area contributed by atoms with Crippen molar-refractivity contribution >= 4 is 15.8 Å². The Morgan fingerprint density at radius 3 is 2.23 bits per heavy atom. The van der Waals surface area contributed by atoms with Crippen LogP contribution in [-0.4, -0.2) is 63.7 Å². The van der Waals surface area contributed by atoms with Crippen molar-refractivity contribution in [1.29, 1.82) is 0 Å². The van der Waals surface area contributed by atoms with Gasteiger partial charge in [0.2, 0.25) is 10.0 Å². The van der Waals surface area contributed by atoms with Gasteiger partial charge in [-0.1, -0.05) is 48.9 Å². The Labute approximate surface area is 179 Å². The number of Topliss-reactive ketones (excluding diaryl/α,β-unsaturated/α-hetero) is 1. The molecule has 1 unspecified atom stereocenters. The van der Waals surface area contributed by atoms with Crippen LogP contribution in [0.15, 0.2) is 59.5 Å². The summed E-state index contributed by atoms with van der Waals surface area (Å²) in [6.45, 7) is 1.99. The number of hydrogen-bond acceptors (Lipinski definition) is 5. The fourth-order valence-electron chi connectivity index (χ4n) is 3.77. The van der Waals surface area contributed by atoms with Crippen molar-refractivity contribution in [3.63, 3.8) is 0 Å². The summed E-state index contributed by atoms with van der Waals surface area (Å²) in [7, 11) is 0.561. The Morgan fingerprint density at radius 2 is 1.63 bits per heavy atom. The predicted octanol–water partition coefficient (Wildman–Crippen LogP) is 2.94. The van der Waals surface area contributed by atoms with E-state index in [1.54, 1.807) is 28.6 Å². The molecule has 2 aromatic carbocycles. The van der Waals surface area contributed by atoms with Crippen LogP contribution in [-0.2, 0) is 10.0 Å². The standard InChI is InChI=1S/C23H31N3O3S/c1-25(2)22(19-9-5-3-6-10-19)17-24-18-23(27)20-11-13-21(14-12-20)30(28,29)26-15-7-4-8-16-26/h3,5-6,9-14,22,24H,4,7-8,15-18H2,1-2H3. The van der Waals surface area contributed by atoms with Crippen molar-refractivity contribution in [3.8, 4) is 0 Å². The Hall–Kier alpha value is -2.06. The van der Waals surface area contributed by atoms with Gasteiger partial charge in [0.05, 0.1) is 11.4 Å². The first-order chi connectivity index (χ1) is 14.4. The zero-order valence-electron chi connectivity index (χ0n) is 17.8. The molecular formula is C23H31N3O3S. The molecule has 7 heteroatoms. The quantitative estimate of drug-likeness (QED) is 0.621. The third-order valence-corrected chi connectivity index (χ3v) is 7.47. The minimum absolute atomic E-state index is 0.0533. The second-order valence-electron chi connectivity index (χ2n) is 7.93. The van der Waals surface area contributed by atoms with E-state index in [9.17, 15) is 13.2 Å². The second-order valence-corrected chi connectivity index (χ2v) is 9.87. The largest absolute Gasteiger partial charge is 0.308 e. The van der Waals surface area contributed by atoms with Gasteiger partial charge in [0.15, 0.2) is 5.78 Å². The molecule has 0 amide bonds. The van der Waals surface area contributed by atoms with Gasteiger partial charge < -0.3 is 10.2 Å². The van der Waals surface area contributed by atoms with Gasteiger partial charge in [-0.3, -0.25) is 4.79 Å². The number of nitrogens with one attached hydrogen (secondary N) is 1. The fraction of sp³-hybridized carbons (Fsp3) is 0.435. The number of nitrogens with zero attached hydrogens (tertiary/aromatic N) is 2. The maximum atomic E-state index is 12.7. The highest BCUT2D eigenvalue weighted by atomic mass is 32.2. The topological polar surface area (TPSA) is 69.7 Å². The third-order valence-electron chi connectivity index (χ3n) is 5.56. The van der Waals surface area contributed by atoms with Crippen LogP contribution in [0.5, 0.6) is 0 Å². The van der Waals surface area contributed by atoms with Crippen LogP contribution >= 0.6 is 0 Å². The molecule has 1 N–H and O–H groups in total. The van der Waals surface area contributed by atoms with Gasteiger partial charge in [0.1, 0.15) is 0 Å². The maximum Gasteiger partial charge on any atom is 0.243 e. The summed E-state index contributed by atoms with van der Waals surface area (Å²) in [5.41, 5.74) is 1.70. The molecule has 0 saturated carbocycles. The highest BCUT2D eigenvalue weighted by Gasteiger charge is 2.26. The zero-order valence-corrected chi connectivity index (χ0v) is 18.6. The van der Waals surface area contributed by atoms with Gasteiger partial charge in [0.25, 0.3) is 0 Å². The van der Waals surface area contributed by atoms with Gasteiger partial charge in [-0.2, -0.15) is 4.31 Å². The molecule has 6 nitrogen and oxygen atoms in total. The van der Waals surface area contributed by atoms with E-state index >= 15 is 0 Å². The van der Waals surface area contributed by atoms with Crippen LogP contribution in [0.1, 0.15) is 41.2 Å². The van der Waals surface area contributed by atoms with E-state index in [-0.39, 0.29) is 23.3 Å². The molecule has 3 rings (SSSR count). The van der Waals surface area contributed by atoms with Crippen molar-refractivity contribution in [2.24, 2.45) is 0 Å². The smallest absolute Gasteiger partial charge is 0.243 e. The molecule has 0 spiro atoms. The van der Waals surface area contributed by atoms with Crippen LogP contribution in [0.3, 0.4) is 0 Å². The highest BCUT2D eigenvalue weighted by Crippen LogP contribution is 2.21. The minimum atomic E-state index is -3.47. The molecule has 0 radical (unpaired) electrons. The lowest BCUT2D eigenvalue weighted by Gasteiger charge is -2.26. The summed E-state index contributed by atoms with van der Waals surface area (Å²) in [4.78, 5) is 14.9. The molecule has 1 saturated heterocycles. The zero-order chi connectivity index (χ0) is 21.6. The summed E-state index contributed by atoms with van der Waals surface area (Å²) in [5, 5.41) is 3.24. The lowest BCUT2D eigenvalue weighted by atomic mass is 10.1. The molecule has 30 heavy (non-hydrogen) atoms. The monoisotopic (exact) mass is 429 g/mol. The van der Waals surface area contributed by atoms with Crippen molar-refractivity contribution in [2.75, 3.05) is 40.3 Å². The summed E-state index contributed by atoms with van der Waals surface area (Å²) in [5.74, 6) is -0.0533. The molecule has 1 fully saturated rings. The molecule has 0 bridgehead atoms. The first-order valence-corrected chi connectivity index (χ1v) is 11.9. The molecule has 1 atom stereocenters. The average Bonchev–Trinajstić information content (AvgIpc) is 2.77. The first kappa shape index (κ1) is 22.6. The summed E-state index contributed by atoms with van der Waals surface area (Å²) in [6, 6.07) is 16.6. The Kier molecular flexibility index (Phi) is 7.77. The van der Waals surface area contributed by atoms with Crippen molar-refractivity contribution in [3.05, 3.63) is 65.7 Å². The minimum Gasteiger partial charge on any atom is -0.308 e. The molecule has 1 heterocycles. The van der Waals surface area contributed by atoms with Gasteiger partial charge in [-0.25, -0.2) is 8.42 Å². The van der Waals surface area contributed by atoms with Crippen LogP contribution in [0.4, 0.5) is 0 Å². The van der Waals surface area contributed by atoms with E-state index in [0.29, 0.717) is 25.2 Å². The average molecular weight is 430 g/mol. The van der Waals surface area contributed by atoms with E-state index in [1.165, 1.54) is 5.56 Å². The van der Waals surface area contributed by atoms with Crippen molar-refractivity contribution in [2.45, 2.75) is 30.2 Å². The lowest BCUT2D eigenvalue weighted by Crippen LogP contribution is -2.35. The van der Waals surface area contributed by atoms with Gasteiger partial charge >= 0.3 is 0 Å². The number of hydrogen-bond donors (Lipinski definition) is 1. The van der Waals surface area contributed by atoms with E-state index < -0.39 is 10.0 Å². The molecule has 1 aliphatic heterocycles. The number of carbonyl (C=O) groups excluding carboxylic acids is 1. The van der Waals surface area contributed by atoms with Crippen LogP contribution in [0.25, 0.3) is 0 Å². The number of rotatable bonds is 9. The first-order valence-electron chi connectivity index (χ1n) is 10.4. The molecule has 162 valence electrons. The molecule has 0 aromatic heterocycles. The van der Waals surface area contributed by atoms with Gasteiger partial charge in [0, 0.05) is 31.2 Å². The van der Waals surface area contributed by atoms with Gasteiger partial charge in [-0.15, -0.1) is 0 Å². The summed E-state index contributed by atoms with van der Waals surface area (Å²) in [6.07, 6.45) is 2.88. The third kappa shape index (κ3) is 5.55. The number of benzene rings is 2. The molecule has 1 aliphatic rings. The van der Waals surface area contributed by atoms with E-state index in [4.69, 9.17) is 0 Å². The van der Waals surface area contributed by atoms with Crippen LogP contribution in [0, 0.1) is 0 Å². The number of ketones is 1. The number of piperidine rings is 1. The SMILES string of the molecule is CN(C)C(CNCC(=O)c1ccc(S(=O)(=O)N2CCCCC2)cc1)c1ccccc1. The number of sulfonamides is 1. The van der Waals surface area contributed by atoms with Gasteiger partial charge in [-0.05, 0) is 44.6 Å². The number of likely N-dealkylation sites (N-methyl/N-ethyl adjacent to an activating group) is 1. The Balaban J connectivity index is 1.58. The summed E-state index contributed by atoms with van der Waals surface area (Å²) >= 11 is 0. The predicted molar refractivity (Wildman–Crippen MR) is 119 cm³/mol. The maximum absolute atomic E-state index is 12.7. The summed E-state index contributed by atoms with van der Waals surface area (Å²) < 4.78 is 27.0. The molecule has 0 aliphatic carbocycles. The highest BCUT2D eigenvalue weighted by molar-refractivity contribution is 7.89. The van der Waals surface area contributed by atoms with Crippen molar-refractivity contribution < 1.29 is 13.2 Å². The van der Waals surface area contributed by atoms with Crippen molar-refractivity contribution in [1.82, 2.24) is 14.5 Å².